The molecule has 0 atom stereocenters. The molecule has 0 aliphatic rings. The van der Waals surface area contributed by atoms with E-state index in [0.29, 0.717) is 32.1 Å². The molecular weight excluding hydrogens is 318 g/mol. The Morgan fingerprint density at radius 1 is 1.10 bits per heavy atom. The van der Waals surface area contributed by atoms with Gasteiger partial charge in [-0.05, 0) is 61.1 Å². The molecule has 2 N–H and O–H groups in total. The van der Waals surface area contributed by atoms with Gasteiger partial charge < -0.3 is 10.6 Å². The number of aryl methyl sites for hydroxylation is 1. The summed E-state index contributed by atoms with van der Waals surface area (Å²) in [6.45, 7) is 1.69. The summed E-state index contributed by atoms with van der Waals surface area (Å²) >= 11 is 17.0. The molecule has 0 saturated carbocycles. The number of halogens is 3. The highest BCUT2D eigenvalue weighted by Gasteiger charge is 2.05. The number of anilines is 2. The SMILES string of the molecule is Cc1cc(NC(=S)Nc2ccc(Cl)cc2Cl)ccc1F. The zero-order valence-electron chi connectivity index (χ0n) is 10.5. The molecule has 0 radical (unpaired) electrons. The highest BCUT2D eigenvalue weighted by Crippen LogP contribution is 2.25. The monoisotopic (exact) mass is 328 g/mol. The summed E-state index contributed by atoms with van der Waals surface area (Å²) in [4.78, 5) is 0. The summed E-state index contributed by atoms with van der Waals surface area (Å²) in [5, 5.41) is 7.30. The van der Waals surface area contributed by atoms with Crippen molar-refractivity contribution >= 4 is 51.9 Å². The molecule has 0 heterocycles. The lowest BCUT2D eigenvalue weighted by Crippen LogP contribution is -2.19. The smallest absolute Gasteiger partial charge is 0.175 e. The van der Waals surface area contributed by atoms with Crippen LogP contribution in [-0.4, -0.2) is 5.11 Å². The van der Waals surface area contributed by atoms with E-state index in [1.54, 1.807) is 37.3 Å². The summed E-state index contributed by atoms with van der Waals surface area (Å²) in [5.41, 5.74) is 1.89. The van der Waals surface area contributed by atoms with Gasteiger partial charge >= 0.3 is 0 Å². The van der Waals surface area contributed by atoms with Gasteiger partial charge in [-0.15, -0.1) is 0 Å². The van der Waals surface area contributed by atoms with Crippen LogP contribution in [0.4, 0.5) is 15.8 Å². The Bertz CT molecular complexity index is 662. The van der Waals surface area contributed by atoms with E-state index in [4.69, 9.17) is 35.4 Å². The predicted molar refractivity (Wildman–Crippen MR) is 87.4 cm³/mol. The first kappa shape index (κ1) is 15.0. The summed E-state index contributed by atoms with van der Waals surface area (Å²) < 4.78 is 13.2. The van der Waals surface area contributed by atoms with Crippen molar-refractivity contribution in [3.8, 4) is 0 Å². The van der Waals surface area contributed by atoms with Gasteiger partial charge in [0.05, 0.1) is 10.7 Å². The van der Waals surface area contributed by atoms with Crippen molar-refractivity contribution in [1.82, 2.24) is 0 Å². The summed E-state index contributed by atoms with van der Waals surface area (Å²) in [7, 11) is 0. The fourth-order valence-corrected chi connectivity index (χ4v) is 2.28. The van der Waals surface area contributed by atoms with Crippen LogP contribution in [0.3, 0.4) is 0 Å². The van der Waals surface area contributed by atoms with Crippen LogP contribution in [0.1, 0.15) is 5.56 Å². The Morgan fingerprint density at radius 2 is 1.85 bits per heavy atom. The average Bonchev–Trinajstić information content (AvgIpc) is 2.37. The molecule has 0 amide bonds. The normalized spacial score (nSPS) is 10.2. The maximum atomic E-state index is 13.2. The summed E-state index contributed by atoms with van der Waals surface area (Å²) in [6, 6.07) is 9.73. The van der Waals surface area contributed by atoms with Crippen LogP contribution in [0.5, 0.6) is 0 Å². The molecular formula is C14H11Cl2FN2S. The minimum absolute atomic E-state index is 0.254. The van der Waals surface area contributed by atoms with Crippen molar-refractivity contribution in [2.45, 2.75) is 6.92 Å². The van der Waals surface area contributed by atoms with E-state index in [2.05, 4.69) is 10.6 Å². The lowest BCUT2D eigenvalue weighted by molar-refractivity contribution is 0.619. The third-order valence-electron chi connectivity index (χ3n) is 2.60. The number of nitrogens with one attached hydrogen (secondary N) is 2. The van der Waals surface area contributed by atoms with Crippen LogP contribution < -0.4 is 10.6 Å². The van der Waals surface area contributed by atoms with Crippen LogP contribution in [0.25, 0.3) is 0 Å². The fourth-order valence-electron chi connectivity index (χ4n) is 1.60. The standard InChI is InChI=1S/C14H11Cl2FN2S/c1-8-6-10(3-4-12(8)17)18-14(20)19-13-5-2-9(15)7-11(13)16/h2-7H,1H3,(H2,18,19,20). The highest BCUT2D eigenvalue weighted by molar-refractivity contribution is 7.80. The van der Waals surface area contributed by atoms with Gasteiger partial charge in [0, 0.05) is 10.7 Å². The first-order valence-corrected chi connectivity index (χ1v) is 6.91. The molecule has 0 unspecified atom stereocenters. The number of rotatable bonds is 2. The lowest BCUT2D eigenvalue weighted by Gasteiger charge is -2.12. The Morgan fingerprint density at radius 3 is 2.50 bits per heavy atom. The Kier molecular flexibility index (Phi) is 4.81. The van der Waals surface area contributed by atoms with Gasteiger partial charge in [0.15, 0.2) is 5.11 Å². The Labute approximate surface area is 131 Å². The second-order valence-electron chi connectivity index (χ2n) is 4.17. The second-order valence-corrected chi connectivity index (χ2v) is 5.42. The van der Waals surface area contributed by atoms with E-state index in [0.717, 1.165) is 0 Å². The minimum Gasteiger partial charge on any atom is -0.332 e. The molecule has 2 nitrogen and oxygen atoms in total. The van der Waals surface area contributed by atoms with E-state index < -0.39 is 0 Å². The largest absolute Gasteiger partial charge is 0.332 e. The van der Waals surface area contributed by atoms with Crippen molar-refractivity contribution in [2.75, 3.05) is 10.6 Å². The molecule has 6 heteroatoms. The maximum Gasteiger partial charge on any atom is 0.175 e. The highest BCUT2D eigenvalue weighted by atomic mass is 35.5. The van der Waals surface area contributed by atoms with Crippen LogP contribution in [0.2, 0.25) is 10.0 Å². The van der Waals surface area contributed by atoms with E-state index in [1.165, 1.54) is 6.07 Å². The molecule has 0 saturated heterocycles. The van der Waals surface area contributed by atoms with Gasteiger partial charge in [-0.1, -0.05) is 23.2 Å². The molecule has 0 fully saturated rings. The molecule has 104 valence electrons. The lowest BCUT2D eigenvalue weighted by atomic mass is 10.2. The second kappa shape index (κ2) is 6.39. The predicted octanol–water partition coefficient (Wildman–Crippen LogP) is 5.25. The molecule has 0 aliphatic carbocycles. The van der Waals surface area contributed by atoms with Crippen molar-refractivity contribution in [2.24, 2.45) is 0 Å². The Hall–Kier alpha value is -1.36. The van der Waals surface area contributed by atoms with Crippen LogP contribution >= 0.6 is 35.4 Å². The first-order chi connectivity index (χ1) is 9.45. The van der Waals surface area contributed by atoms with Crippen molar-refractivity contribution < 1.29 is 4.39 Å². The van der Waals surface area contributed by atoms with Crippen molar-refractivity contribution in [1.29, 1.82) is 0 Å². The van der Waals surface area contributed by atoms with Crippen LogP contribution in [-0.2, 0) is 0 Å². The molecule has 20 heavy (non-hydrogen) atoms. The number of thiocarbonyl (C=S) groups is 1. The number of benzene rings is 2. The number of hydrogen-bond acceptors (Lipinski definition) is 1. The molecule has 0 aromatic heterocycles. The van der Waals surface area contributed by atoms with Gasteiger partial charge in [-0.3, -0.25) is 0 Å². The maximum absolute atomic E-state index is 13.2. The van der Waals surface area contributed by atoms with Crippen molar-refractivity contribution in [3.63, 3.8) is 0 Å². The quantitative estimate of drug-likeness (QED) is 0.736. The molecule has 0 aliphatic heterocycles. The van der Waals surface area contributed by atoms with Gasteiger partial charge in [0.1, 0.15) is 5.82 Å². The van der Waals surface area contributed by atoms with Gasteiger partial charge in [-0.25, -0.2) is 4.39 Å². The minimum atomic E-state index is -0.254. The van der Waals surface area contributed by atoms with Crippen molar-refractivity contribution in [3.05, 3.63) is 57.8 Å². The fraction of sp³-hybridized carbons (Fsp3) is 0.0714. The molecule has 0 bridgehead atoms. The van der Waals surface area contributed by atoms with Gasteiger partial charge in [0.2, 0.25) is 0 Å². The van der Waals surface area contributed by atoms with E-state index >= 15 is 0 Å². The van der Waals surface area contributed by atoms with E-state index in [-0.39, 0.29) is 5.82 Å². The molecule has 2 rings (SSSR count). The first-order valence-electron chi connectivity index (χ1n) is 5.75. The Balaban J connectivity index is 2.07. The van der Waals surface area contributed by atoms with Gasteiger partial charge in [-0.2, -0.15) is 0 Å². The molecule has 0 spiro atoms. The van der Waals surface area contributed by atoms with Gasteiger partial charge in [0.25, 0.3) is 0 Å². The average molecular weight is 329 g/mol. The molecule has 2 aromatic rings. The van der Waals surface area contributed by atoms with E-state index in [1.807, 2.05) is 0 Å². The summed E-state index contributed by atoms with van der Waals surface area (Å²) in [6.07, 6.45) is 0. The van der Waals surface area contributed by atoms with Crippen LogP contribution in [0, 0.1) is 12.7 Å². The third-order valence-corrected chi connectivity index (χ3v) is 3.35. The zero-order chi connectivity index (χ0) is 14.7. The number of hydrogen-bond donors (Lipinski definition) is 2. The third kappa shape index (κ3) is 3.82. The topological polar surface area (TPSA) is 24.1 Å². The zero-order valence-corrected chi connectivity index (χ0v) is 12.8. The summed E-state index contributed by atoms with van der Waals surface area (Å²) in [5.74, 6) is -0.254. The van der Waals surface area contributed by atoms with Crippen LogP contribution in [0.15, 0.2) is 36.4 Å². The molecule has 2 aromatic carbocycles. The van der Waals surface area contributed by atoms with E-state index in [9.17, 15) is 4.39 Å².